The summed E-state index contributed by atoms with van der Waals surface area (Å²) in [6.07, 6.45) is 39.3. The minimum atomic E-state index is -0.693. The monoisotopic (exact) mass is 665 g/mol. The van der Waals surface area contributed by atoms with Crippen molar-refractivity contribution in [2.75, 3.05) is 13.2 Å². The third kappa shape index (κ3) is 38.4. The van der Waals surface area contributed by atoms with Crippen molar-refractivity contribution in [3.8, 4) is 11.5 Å². The Morgan fingerprint density at radius 3 is 1.06 bits per heavy atom. The standard InChI is InChI=1S/C35H70O4.C6H6O2/c1-3-5-7-9-11-13-15-17-19-21-23-25-27-29-31-33-37-35(36)39-38-34-32-30-28-26-24-22-20-18-16-14-12-10-8-6-4-2;7-5-2-1-3-6(8)4-5/h3-34H2,1-2H3;1-4,7-8H. The lowest BCUT2D eigenvalue weighted by atomic mass is 10.0. The van der Waals surface area contributed by atoms with E-state index in [9.17, 15) is 4.79 Å². The predicted molar refractivity (Wildman–Crippen MR) is 198 cm³/mol. The summed E-state index contributed by atoms with van der Waals surface area (Å²) in [6.45, 7) is 5.46. The first-order chi connectivity index (χ1) is 23.1. The third-order valence-corrected chi connectivity index (χ3v) is 8.76. The van der Waals surface area contributed by atoms with Crippen molar-refractivity contribution in [2.24, 2.45) is 0 Å². The van der Waals surface area contributed by atoms with Crippen LogP contribution in [0.25, 0.3) is 0 Å². The molecule has 0 saturated heterocycles. The second kappa shape index (κ2) is 38.5. The average molecular weight is 665 g/mol. The number of hydrogen-bond acceptors (Lipinski definition) is 6. The molecule has 0 amide bonds. The topological polar surface area (TPSA) is 85.2 Å². The third-order valence-electron chi connectivity index (χ3n) is 8.76. The van der Waals surface area contributed by atoms with Crippen LogP contribution < -0.4 is 0 Å². The maximum absolute atomic E-state index is 11.6. The van der Waals surface area contributed by atoms with Crippen molar-refractivity contribution < 1.29 is 29.5 Å². The summed E-state index contributed by atoms with van der Waals surface area (Å²) in [7, 11) is 0. The van der Waals surface area contributed by atoms with Crippen LogP contribution in [0.5, 0.6) is 11.5 Å². The Morgan fingerprint density at radius 1 is 0.468 bits per heavy atom. The Bertz CT molecular complexity index is 738. The Kier molecular flexibility index (Phi) is 36.9. The Morgan fingerprint density at radius 2 is 0.766 bits per heavy atom. The van der Waals surface area contributed by atoms with E-state index in [2.05, 4.69) is 13.8 Å². The van der Waals surface area contributed by atoms with Gasteiger partial charge >= 0.3 is 6.16 Å². The molecular weight excluding hydrogens is 588 g/mol. The van der Waals surface area contributed by atoms with Crippen molar-refractivity contribution >= 4 is 6.16 Å². The van der Waals surface area contributed by atoms with Crippen molar-refractivity contribution in [2.45, 2.75) is 206 Å². The molecule has 2 N–H and O–H groups in total. The highest BCUT2D eigenvalue weighted by atomic mass is 17.2. The van der Waals surface area contributed by atoms with Crippen molar-refractivity contribution in [3.05, 3.63) is 24.3 Å². The van der Waals surface area contributed by atoms with E-state index >= 15 is 0 Å². The highest BCUT2D eigenvalue weighted by molar-refractivity contribution is 5.58. The molecule has 0 aliphatic heterocycles. The smallest absolute Gasteiger partial charge is 0.508 e. The average Bonchev–Trinajstić information content (AvgIpc) is 3.06. The highest BCUT2D eigenvalue weighted by Gasteiger charge is 2.05. The zero-order chi connectivity index (χ0) is 34.3. The molecule has 0 spiro atoms. The van der Waals surface area contributed by atoms with Crippen molar-refractivity contribution in [1.29, 1.82) is 0 Å². The van der Waals surface area contributed by atoms with Crippen LogP contribution in [-0.2, 0) is 14.5 Å². The lowest BCUT2D eigenvalue weighted by Crippen LogP contribution is -2.09. The molecule has 0 atom stereocenters. The van der Waals surface area contributed by atoms with Gasteiger partial charge in [0.05, 0.1) is 13.2 Å². The number of phenols is 2. The molecular formula is C41H76O6. The van der Waals surface area contributed by atoms with Gasteiger partial charge in [0.15, 0.2) is 0 Å². The molecule has 0 aliphatic carbocycles. The van der Waals surface area contributed by atoms with Crippen LogP contribution in [0, 0.1) is 0 Å². The van der Waals surface area contributed by atoms with Crippen LogP contribution in [0.2, 0.25) is 0 Å². The van der Waals surface area contributed by atoms with Crippen LogP contribution in [0.4, 0.5) is 4.79 Å². The summed E-state index contributed by atoms with van der Waals surface area (Å²) in [4.78, 5) is 21.3. The van der Waals surface area contributed by atoms with Gasteiger partial charge in [-0.05, 0) is 25.0 Å². The molecule has 1 aromatic rings. The molecule has 1 rings (SSSR count). The SMILES string of the molecule is CCCCCCCCCCCCCCCCCOOC(=O)OCCCCCCCCCCCCCCCCC.Oc1cccc(O)c1. The normalized spacial score (nSPS) is 10.9. The summed E-state index contributed by atoms with van der Waals surface area (Å²) >= 11 is 0. The minimum absolute atomic E-state index is 0.0880. The molecule has 0 heterocycles. The lowest BCUT2D eigenvalue weighted by Gasteiger charge is -2.06. The Hall–Kier alpha value is -1.95. The molecule has 0 aliphatic rings. The van der Waals surface area contributed by atoms with Crippen molar-refractivity contribution in [3.63, 3.8) is 0 Å². The van der Waals surface area contributed by atoms with Gasteiger partial charge in [-0.15, -0.1) is 0 Å². The second-order valence-electron chi connectivity index (χ2n) is 13.4. The zero-order valence-electron chi connectivity index (χ0n) is 31.0. The minimum Gasteiger partial charge on any atom is -0.508 e. The molecule has 6 nitrogen and oxygen atoms in total. The van der Waals surface area contributed by atoms with E-state index in [-0.39, 0.29) is 11.5 Å². The zero-order valence-corrected chi connectivity index (χ0v) is 31.0. The summed E-state index contributed by atoms with van der Waals surface area (Å²) in [5, 5.41) is 17.3. The van der Waals surface area contributed by atoms with Gasteiger partial charge in [-0.25, -0.2) is 4.79 Å². The first-order valence-electron chi connectivity index (χ1n) is 20.0. The molecule has 0 bridgehead atoms. The molecule has 0 radical (unpaired) electrons. The van der Waals surface area contributed by atoms with E-state index in [1.165, 1.54) is 185 Å². The predicted octanol–water partition coefficient (Wildman–Crippen LogP) is 13.9. The van der Waals surface area contributed by atoms with E-state index in [4.69, 9.17) is 24.7 Å². The van der Waals surface area contributed by atoms with E-state index in [0.717, 1.165) is 25.7 Å². The van der Waals surface area contributed by atoms with Gasteiger partial charge in [0.1, 0.15) is 11.5 Å². The number of ether oxygens (including phenoxy) is 1. The summed E-state index contributed by atoms with van der Waals surface area (Å²) in [6, 6.07) is 5.85. The fourth-order valence-electron chi connectivity index (χ4n) is 5.77. The number of phenolic OH excluding ortho intramolecular Hbond substituents is 2. The summed E-state index contributed by atoms with van der Waals surface area (Å²) < 4.78 is 5.10. The molecule has 6 heteroatoms. The fourth-order valence-corrected chi connectivity index (χ4v) is 5.77. The first kappa shape index (κ1) is 45.0. The highest BCUT2D eigenvalue weighted by Crippen LogP contribution is 2.16. The molecule has 0 saturated carbocycles. The molecule has 0 unspecified atom stereocenters. The van der Waals surface area contributed by atoms with Crippen LogP contribution in [0.1, 0.15) is 206 Å². The maximum Gasteiger partial charge on any atom is 0.540 e. The van der Waals surface area contributed by atoms with Gasteiger partial charge in [0.2, 0.25) is 0 Å². The number of carbonyl (C=O) groups is 1. The summed E-state index contributed by atoms with van der Waals surface area (Å²) in [5.41, 5.74) is 0. The number of benzene rings is 1. The van der Waals surface area contributed by atoms with Crippen LogP contribution in [-0.4, -0.2) is 29.6 Å². The van der Waals surface area contributed by atoms with Crippen LogP contribution >= 0.6 is 0 Å². The molecule has 1 aromatic carbocycles. The Labute approximate surface area is 290 Å². The lowest BCUT2D eigenvalue weighted by molar-refractivity contribution is -0.255. The molecule has 0 aromatic heterocycles. The van der Waals surface area contributed by atoms with Gasteiger partial charge in [-0.2, -0.15) is 4.89 Å². The molecule has 47 heavy (non-hydrogen) atoms. The fraction of sp³-hybridized carbons (Fsp3) is 0.829. The number of rotatable bonds is 33. The van der Waals surface area contributed by atoms with Crippen LogP contribution in [0.3, 0.4) is 0 Å². The van der Waals surface area contributed by atoms with E-state index < -0.39 is 6.16 Å². The maximum atomic E-state index is 11.6. The summed E-state index contributed by atoms with van der Waals surface area (Å²) in [5.74, 6) is 0.176. The molecule has 0 fully saturated rings. The number of unbranched alkanes of at least 4 members (excludes halogenated alkanes) is 28. The van der Waals surface area contributed by atoms with Gasteiger partial charge in [0, 0.05) is 6.07 Å². The largest absolute Gasteiger partial charge is 0.540 e. The van der Waals surface area contributed by atoms with Gasteiger partial charge < -0.3 is 14.9 Å². The van der Waals surface area contributed by atoms with Crippen molar-refractivity contribution in [1.82, 2.24) is 0 Å². The Balaban J connectivity index is 0.00000228. The number of carbonyl (C=O) groups excluding carboxylic acids is 1. The second-order valence-corrected chi connectivity index (χ2v) is 13.4. The quantitative estimate of drug-likeness (QED) is 0.0337. The van der Waals surface area contributed by atoms with Crippen LogP contribution in [0.15, 0.2) is 24.3 Å². The van der Waals surface area contributed by atoms with Gasteiger partial charge in [-0.3, -0.25) is 4.89 Å². The van der Waals surface area contributed by atoms with E-state index in [0.29, 0.717) is 13.2 Å². The first-order valence-corrected chi connectivity index (χ1v) is 20.0. The van der Waals surface area contributed by atoms with E-state index in [1.807, 2.05) is 0 Å². The number of aromatic hydroxyl groups is 2. The van der Waals surface area contributed by atoms with Gasteiger partial charge in [0.25, 0.3) is 0 Å². The molecule has 276 valence electrons. The van der Waals surface area contributed by atoms with E-state index in [1.54, 1.807) is 6.07 Å². The number of hydrogen-bond donors (Lipinski definition) is 2. The van der Waals surface area contributed by atoms with Gasteiger partial charge in [-0.1, -0.05) is 200 Å².